The molecule has 2 N–H and O–H groups in total. The van der Waals surface area contributed by atoms with Crippen LogP contribution in [0.3, 0.4) is 0 Å². The molecule has 0 saturated carbocycles. The number of rotatable bonds is 4. The van der Waals surface area contributed by atoms with Gasteiger partial charge in [0.25, 0.3) is 0 Å². The van der Waals surface area contributed by atoms with Crippen molar-refractivity contribution in [2.45, 2.75) is 19.9 Å². The van der Waals surface area contributed by atoms with Gasteiger partial charge in [0.2, 0.25) is 0 Å². The number of ether oxygens (including phenoxy) is 1. The maximum atomic E-state index is 6.48. The van der Waals surface area contributed by atoms with Crippen molar-refractivity contribution in [1.82, 2.24) is 0 Å². The minimum absolute atomic E-state index is 0.194. The van der Waals surface area contributed by atoms with Crippen molar-refractivity contribution >= 4 is 38.5 Å². The van der Waals surface area contributed by atoms with Crippen molar-refractivity contribution in [2.24, 2.45) is 5.73 Å². The Kier molecular flexibility index (Phi) is 5.46. The molecule has 0 bridgehead atoms. The fourth-order valence-electron chi connectivity index (χ4n) is 2.13. The number of hydrogen-bond donors (Lipinski definition) is 1. The van der Waals surface area contributed by atoms with Crippen molar-refractivity contribution in [3.8, 4) is 5.75 Å². The summed E-state index contributed by atoms with van der Waals surface area (Å²) in [4.78, 5) is 0. The summed E-state index contributed by atoms with van der Waals surface area (Å²) in [5.41, 5.74) is 9.86. The molecule has 0 heterocycles. The fourth-order valence-corrected chi connectivity index (χ4v) is 3.20. The van der Waals surface area contributed by atoms with Crippen LogP contribution in [0.15, 0.2) is 40.9 Å². The number of nitrogens with two attached hydrogens (primary N) is 1. The lowest BCUT2D eigenvalue weighted by atomic mass is 9.97. The third-order valence-corrected chi connectivity index (χ3v) is 5.13. The Hall–Kier alpha value is -0.590. The van der Waals surface area contributed by atoms with Crippen LogP contribution >= 0.6 is 38.5 Å². The Balaban J connectivity index is 2.49. The smallest absolute Gasteiger partial charge is 0.124 e. The highest BCUT2D eigenvalue weighted by molar-refractivity contribution is 14.1. The standard InChI is InChI=1S/C16H17BrINO/c1-3-20-14-8-7-11(17)9-13(14)16(19)12-6-4-5-10(2)15(12)18/h4-9,16H,3,19H2,1-2H3. The van der Waals surface area contributed by atoms with E-state index in [9.17, 15) is 0 Å². The summed E-state index contributed by atoms with van der Waals surface area (Å²) in [6.07, 6.45) is 0. The Morgan fingerprint density at radius 1 is 1.25 bits per heavy atom. The SMILES string of the molecule is CCOc1ccc(Br)cc1C(N)c1cccc(C)c1I. The van der Waals surface area contributed by atoms with Gasteiger partial charge < -0.3 is 10.5 Å². The fraction of sp³-hybridized carbons (Fsp3) is 0.250. The van der Waals surface area contributed by atoms with Crippen LogP contribution in [0.1, 0.15) is 29.7 Å². The zero-order chi connectivity index (χ0) is 14.7. The Labute approximate surface area is 142 Å². The van der Waals surface area contributed by atoms with Gasteiger partial charge in [0, 0.05) is 13.6 Å². The summed E-state index contributed by atoms with van der Waals surface area (Å²) in [5, 5.41) is 0. The summed E-state index contributed by atoms with van der Waals surface area (Å²) in [6.45, 7) is 4.71. The van der Waals surface area contributed by atoms with Crippen LogP contribution < -0.4 is 10.5 Å². The van der Waals surface area contributed by atoms with E-state index in [4.69, 9.17) is 10.5 Å². The van der Waals surface area contributed by atoms with Gasteiger partial charge in [-0.2, -0.15) is 0 Å². The third-order valence-electron chi connectivity index (χ3n) is 3.16. The molecular weight excluding hydrogens is 429 g/mol. The minimum atomic E-state index is -0.194. The van der Waals surface area contributed by atoms with Crippen molar-refractivity contribution in [1.29, 1.82) is 0 Å². The second-order valence-corrected chi connectivity index (χ2v) is 6.57. The van der Waals surface area contributed by atoms with Crippen molar-refractivity contribution < 1.29 is 4.74 Å². The highest BCUT2D eigenvalue weighted by Gasteiger charge is 2.17. The van der Waals surface area contributed by atoms with E-state index in [2.05, 4.69) is 57.6 Å². The molecule has 0 aliphatic heterocycles. The van der Waals surface area contributed by atoms with Gasteiger partial charge in [0.1, 0.15) is 5.75 Å². The van der Waals surface area contributed by atoms with E-state index < -0.39 is 0 Å². The second-order valence-electron chi connectivity index (χ2n) is 4.57. The maximum Gasteiger partial charge on any atom is 0.124 e. The van der Waals surface area contributed by atoms with Gasteiger partial charge in [-0.25, -0.2) is 0 Å². The maximum absolute atomic E-state index is 6.48. The van der Waals surface area contributed by atoms with Gasteiger partial charge in [-0.15, -0.1) is 0 Å². The molecule has 2 rings (SSSR count). The summed E-state index contributed by atoms with van der Waals surface area (Å²) in [5.74, 6) is 0.848. The molecule has 2 nitrogen and oxygen atoms in total. The van der Waals surface area contributed by atoms with Gasteiger partial charge in [-0.1, -0.05) is 34.1 Å². The molecule has 4 heteroatoms. The molecule has 2 aromatic carbocycles. The molecule has 0 radical (unpaired) electrons. The first-order valence-corrected chi connectivity index (χ1v) is 8.34. The summed E-state index contributed by atoms with van der Waals surface area (Å²) >= 11 is 5.86. The topological polar surface area (TPSA) is 35.2 Å². The average molecular weight is 446 g/mol. The normalized spacial score (nSPS) is 12.2. The van der Waals surface area contributed by atoms with Crippen LogP contribution in [0, 0.1) is 10.5 Å². The van der Waals surface area contributed by atoms with E-state index in [0.29, 0.717) is 6.61 Å². The Morgan fingerprint density at radius 3 is 2.70 bits per heavy atom. The van der Waals surface area contributed by atoms with Gasteiger partial charge >= 0.3 is 0 Å². The molecule has 0 aromatic heterocycles. The molecule has 0 aliphatic rings. The largest absolute Gasteiger partial charge is 0.494 e. The first-order valence-electron chi connectivity index (χ1n) is 6.47. The molecule has 1 unspecified atom stereocenters. The van der Waals surface area contributed by atoms with E-state index in [-0.39, 0.29) is 6.04 Å². The number of halogens is 2. The molecule has 0 amide bonds. The lowest BCUT2D eigenvalue weighted by Gasteiger charge is -2.19. The average Bonchev–Trinajstić information content (AvgIpc) is 2.43. The molecule has 0 spiro atoms. The van der Waals surface area contributed by atoms with Crippen LogP contribution in [0.2, 0.25) is 0 Å². The Morgan fingerprint density at radius 2 is 2.00 bits per heavy atom. The zero-order valence-corrected chi connectivity index (χ0v) is 15.2. The number of benzene rings is 2. The monoisotopic (exact) mass is 445 g/mol. The van der Waals surface area contributed by atoms with Gasteiger partial charge in [0.15, 0.2) is 0 Å². The summed E-state index contributed by atoms with van der Waals surface area (Å²) < 4.78 is 7.92. The quantitative estimate of drug-likeness (QED) is 0.685. The Bertz CT molecular complexity index is 615. The lowest BCUT2D eigenvalue weighted by Crippen LogP contribution is -2.15. The molecule has 0 saturated heterocycles. The van der Waals surface area contributed by atoms with E-state index in [1.165, 1.54) is 9.13 Å². The molecule has 0 aliphatic carbocycles. The molecule has 20 heavy (non-hydrogen) atoms. The molecule has 2 aromatic rings. The van der Waals surface area contributed by atoms with Gasteiger partial charge in [-0.3, -0.25) is 0 Å². The third kappa shape index (κ3) is 3.35. The minimum Gasteiger partial charge on any atom is -0.494 e. The van der Waals surface area contributed by atoms with Crippen LogP contribution in [0.4, 0.5) is 0 Å². The predicted octanol–water partition coefficient (Wildman–Crippen LogP) is 4.81. The highest BCUT2D eigenvalue weighted by atomic mass is 127. The summed E-state index contributed by atoms with van der Waals surface area (Å²) in [6, 6.07) is 12.0. The van der Waals surface area contributed by atoms with E-state index in [1.54, 1.807) is 0 Å². The molecular formula is C16H17BrINO. The van der Waals surface area contributed by atoms with Crippen LogP contribution in [-0.4, -0.2) is 6.61 Å². The van der Waals surface area contributed by atoms with Crippen molar-refractivity contribution in [3.05, 3.63) is 61.1 Å². The van der Waals surface area contributed by atoms with E-state index in [0.717, 1.165) is 21.3 Å². The molecule has 1 atom stereocenters. The van der Waals surface area contributed by atoms with Crippen LogP contribution in [0.5, 0.6) is 5.75 Å². The lowest BCUT2D eigenvalue weighted by molar-refractivity contribution is 0.335. The van der Waals surface area contributed by atoms with Crippen molar-refractivity contribution in [2.75, 3.05) is 6.61 Å². The number of aryl methyl sites for hydroxylation is 1. The predicted molar refractivity (Wildman–Crippen MR) is 95.2 cm³/mol. The highest BCUT2D eigenvalue weighted by Crippen LogP contribution is 2.33. The zero-order valence-electron chi connectivity index (χ0n) is 11.5. The van der Waals surface area contributed by atoms with Crippen LogP contribution in [0.25, 0.3) is 0 Å². The van der Waals surface area contributed by atoms with E-state index in [1.807, 2.05) is 31.2 Å². The molecule has 0 fully saturated rings. The summed E-state index contributed by atoms with van der Waals surface area (Å²) in [7, 11) is 0. The van der Waals surface area contributed by atoms with Gasteiger partial charge in [0.05, 0.1) is 12.6 Å². The molecule has 106 valence electrons. The van der Waals surface area contributed by atoms with Gasteiger partial charge in [-0.05, 0) is 65.8 Å². The first-order chi connectivity index (χ1) is 9.54. The van der Waals surface area contributed by atoms with Crippen molar-refractivity contribution in [3.63, 3.8) is 0 Å². The first kappa shape index (κ1) is 15.8. The van der Waals surface area contributed by atoms with Crippen LogP contribution in [-0.2, 0) is 0 Å². The number of hydrogen-bond acceptors (Lipinski definition) is 2. The second kappa shape index (κ2) is 6.91. The van der Waals surface area contributed by atoms with E-state index >= 15 is 0 Å².